The number of rotatable bonds is 10. The number of aromatic nitrogens is 3. The lowest BCUT2D eigenvalue weighted by Gasteiger charge is -2.09. The maximum Gasteiger partial charge on any atom is 0.336 e. The van der Waals surface area contributed by atoms with Crippen molar-refractivity contribution in [2.45, 2.75) is 6.42 Å². The van der Waals surface area contributed by atoms with E-state index in [0.29, 0.717) is 45.8 Å². The molecule has 4 aromatic rings. The predicted octanol–water partition coefficient (Wildman–Crippen LogP) is 5.46. The molecule has 0 bridgehead atoms. The molecule has 0 aliphatic rings. The average Bonchev–Trinajstić information content (AvgIpc) is 3.30. The van der Waals surface area contributed by atoms with Gasteiger partial charge in [-0.05, 0) is 54.1 Å². The fourth-order valence-corrected chi connectivity index (χ4v) is 3.75. The normalized spacial score (nSPS) is 10.8. The number of carbonyl (C=O) groups is 1. The van der Waals surface area contributed by atoms with Crippen molar-refractivity contribution in [1.29, 1.82) is 0 Å². The van der Waals surface area contributed by atoms with Crippen LogP contribution in [-0.4, -0.2) is 48.1 Å². The number of methoxy groups -OCH3 is 2. The molecule has 0 spiro atoms. The highest BCUT2D eigenvalue weighted by atomic mass is 35.5. The van der Waals surface area contributed by atoms with Gasteiger partial charge in [0, 0.05) is 24.8 Å². The van der Waals surface area contributed by atoms with Gasteiger partial charge in [0.25, 0.3) is 0 Å². The fraction of sp³-hybridized carbons (Fsp3) is 0.192. The molecule has 0 aliphatic heterocycles. The molecule has 4 rings (SSSR count). The van der Waals surface area contributed by atoms with Crippen LogP contribution in [0.15, 0.2) is 66.7 Å². The Morgan fingerprint density at radius 2 is 1.81 bits per heavy atom. The van der Waals surface area contributed by atoms with Crippen molar-refractivity contribution in [3.8, 4) is 28.8 Å². The summed E-state index contributed by atoms with van der Waals surface area (Å²) in [5.74, 6) is 1.04. The standard InChI is InChI=1S/C26H24Cl2N4O4/c1-34-16-24(33)29-19-4-3-5-20(15-19)32-25(18-8-11-22(27)23(28)14-18)30-26(31-32)36-13-12-17-6-9-21(35-2)10-7-17/h3-11,14-15H,12-13,16H2,1-2H3,(H,29,33). The van der Waals surface area contributed by atoms with Crippen LogP contribution in [-0.2, 0) is 16.0 Å². The summed E-state index contributed by atoms with van der Waals surface area (Å²) >= 11 is 12.4. The second-order valence-electron chi connectivity index (χ2n) is 7.74. The summed E-state index contributed by atoms with van der Waals surface area (Å²) < 4.78 is 17.6. The van der Waals surface area contributed by atoms with Gasteiger partial charge in [0.1, 0.15) is 12.4 Å². The molecular weight excluding hydrogens is 503 g/mol. The van der Waals surface area contributed by atoms with Crippen LogP contribution in [0.5, 0.6) is 11.8 Å². The van der Waals surface area contributed by atoms with E-state index in [4.69, 9.17) is 37.4 Å². The van der Waals surface area contributed by atoms with Crippen LogP contribution < -0.4 is 14.8 Å². The number of benzene rings is 3. The van der Waals surface area contributed by atoms with Crippen molar-refractivity contribution in [1.82, 2.24) is 14.8 Å². The zero-order valence-corrected chi connectivity index (χ0v) is 21.2. The Kier molecular flexibility index (Phi) is 8.43. The van der Waals surface area contributed by atoms with E-state index in [1.807, 2.05) is 36.4 Å². The molecule has 1 amide bonds. The lowest BCUT2D eigenvalue weighted by Crippen LogP contribution is -2.17. The third kappa shape index (κ3) is 6.34. The van der Waals surface area contributed by atoms with Crippen molar-refractivity contribution < 1.29 is 19.0 Å². The van der Waals surface area contributed by atoms with Gasteiger partial charge >= 0.3 is 6.01 Å². The summed E-state index contributed by atoms with van der Waals surface area (Å²) in [6.45, 7) is 0.332. The summed E-state index contributed by atoms with van der Waals surface area (Å²) in [7, 11) is 3.10. The Hall–Kier alpha value is -3.59. The first-order chi connectivity index (χ1) is 17.5. The number of hydrogen-bond acceptors (Lipinski definition) is 6. The first-order valence-corrected chi connectivity index (χ1v) is 11.8. The molecule has 1 aromatic heterocycles. The zero-order chi connectivity index (χ0) is 25.5. The van der Waals surface area contributed by atoms with Gasteiger partial charge in [-0.3, -0.25) is 4.79 Å². The zero-order valence-electron chi connectivity index (χ0n) is 19.7. The smallest absolute Gasteiger partial charge is 0.336 e. The predicted molar refractivity (Wildman–Crippen MR) is 140 cm³/mol. The molecule has 186 valence electrons. The van der Waals surface area contributed by atoms with Crippen molar-refractivity contribution in [3.63, 3.8) is 0 Å². The summed E-state index contributed by atoms with van der Waals surface area (Å²) in [6.07, 6.45) is 0.668. The highest BCUT2D eigenvalue weighted by Gasteiger charge is 2.17. The number of nitrogens with zero attached hydrogens (tertiary/aromatic N) is 3. The van der Waals surface area contributed by atoms with Crippen molar-refractivity contribution in [2.24, 2.45) is 0 Å². The third-order valence-electron chi connectivity index (χ3n) is 5.20. The molecule has 8 nitrogen and oxygen atoms in total. The molecule has 0 fully saturated rings. The number of anilines is 1. The Morgan fingerprint density at radius 3 is 2.53 bits per heavy atom. The molecular formula is C26H24Cl2N4O4. The summed E-state index contributed by atoms with van der Waals surface area (Å²) in [4.78, 5) is 16.6. The average molecular weight is 527 g/mol. The van der Waals surface area contributed by atoms with Crippen LogP contribution >= 0.6 is 23.2 Å². The molecule has 3 aromatic carbocycles. The van der Waals surface area contributed by atoms with E-state index >= 15 is 0 Å². The molecule has 36 heavy (non-hydrogen) atoms. The minimum absolute atomic E-state index is 0.0474. The molecule has 0 saturated heterocycles. The molecule has 10 heteroatoms. The quantitative estimate of drug-likeness (QED) is 0.295. The Labute approximate surface area is 218 Å². The maximum absolute atomic E-state index is 12.0. The van der Waals surface area contributed by atoms with E-state index in [1.165, 1.54) is 7.11 Å². The van der Waals surface area contributed by atoms with Gasteiger partial charge < -0.3 is 19.5 Å². The summed E-state index contributed by atoms with van der Waals surface area (Å²) in [6, 6.07) is 20.4. The van der Waals surface area contributed by atoms with Gasteiger partial charge in [0.2, 0.25) is 5.91 Å². The highest BCUT2D eigenvalue weighted by molar-refractivity contribution is 6.42. The molecule has 0 atom stereocenters. The van der Waals surface area contributed by atoms with Gasteiger partial charge in [0.05, 0.1) is 29.4 Å². The first-order valence-electron chi connectivity index (χ1n) is 11.0. The number of nitrogens with one attached hydrogen (secondary N) is 1. The Bertz CT molecular complexity index is 1340. The monoisotopic (exact) mass is 526 g/mol. The molecule has 0 saturated carbocycles. The third-order valence-corrected chi connectivity index (χ3v) is 5.94. The minimum atomic E-state index is -0.263. The van der Waals surface area contributed by atoms with Crippen molar-refractivity contribution in [3.05, 3.63) is 82.3 Å². The number of hydrogen-bond donors (Lipinski definition) is 1. The number of halogens is 2. The van der Waals surface area contributed by atoms with Crippen molar-refractivity contribution in [2.75, 3.05) is 32.8 Å². The van der Waals surface area contributed by atoms with E-state index in [2.05, 4.69) is 15.4 Å². The van der Waals surface area contributed by atoms with Crippen LogP contribution in [0, 0.1) is 0 Å². The van der Waals surface area contributed by atoms with Gasteiger partial charge in [-0.1, -0.05) is 41.4 Å². The fourth-order valence-electron chi connectivity index (χ4n) is 3.45. The molecule has 1 heterocycles. The van der Waals surface area contributed by atoms with Crippen LogP contribution in [0.2, 0.25) is 10.0 Å². The lowest BCUT2D eigenvalue weighted by atomic mass is 10.1. The van der Waals surface area contributed by atoms with Crippen LogP contribution in [0.1, 0.15) is 5.56 Å². The highest BCUT2D eigenvalue weighted by Crippen LogP contribution is 2.30. The maximum atomic E-state index is 12.0. The molecule has 0 radical (unpaired) electrons. The topological polar surface area (TPSA) is 87.5 Å². The van der Waals surface area contributed by atoms with Gasteiger partial charge in [0.15, 0.2) is 5.82 Å². The largest absolute Gasteiger partial charge is 0.497 e. The van der Waals surface area contributed by atoms with E-state index in [0.717, 1.165) is 11.3 Å². The van der Waals surface area contributed by atoms with Crippen molar-refractivity contribution >= 4 is 34.8 Å². The first kappa shape index (κ1) is 25.5. The summed E-state index contributed by atoms with van der Waals surface area (Å²) in [5.41, 5.74) is 3.06. The number of amides is 1. The van der Waals surface area contributed by atoms with Gasteiger partial charge in [-0.2, -0.15) is 4.98 Å². The van der Waals surface area contributed by atoms with E-state index < -0.39 is 0 Å². The SMILES string of the molecule is COCC(=O)Nc1cccc(-n2nc(OCCc3ccc(OC)cc3)nc2-c2ccc(Cl)c(Cl)c2)c1. The van der Waals surface area contributed by atoms with E-state index in [1.54, 1.807) is 42.1 Å². The van der Waals surface area contributed by atoms with Gasteiger partial charge in [-0.15, -0.1) is 5.10 Å². The second kappa shape index (κ2) is 11.9. The molecule has 0 unspecified atom stereocenters. The van der Waals surface area contributed by atoms with E-state index in [-0.39, 0.29) is 18.5 Å². The Balaban J connectivity index is 1.61. The second-order valence-corrected chi connectivity index (χ2v) is 8.55. The molecule has 0 aliphatic carbocycles. The minimum Gasteiger partial charge on any atom is -0.497 e. The van der Waals surface area contributed by atoms with Crippen LogP contribution in [0.4, 0.5) is 5.69 Å². The number of ether oxygens (including phenoxy) is 3. The summed E-state index contributed by atoms with van der Waals surface area (Å²) in [5, 5.41) is 8.20. The van der Waals surface area contributed by atoms with Gasteiger partial charge in [-0.25, -0.2) is 4.68 Å². The lowest BCUT2D eigenvalue weighted by molar-refractivity contribution is -0.119. The Morgan fingerprint density at radius 1 is 1.00 bits per heavy atom. The van der Waals surface area contributed by atoms with E-state index in [9.17, 15) is 4.79 Å². The molecule has 1 N–H and O–H groups in total. The van der Waals surface area contributed by atoms with Crippen LogP contribution in [0.3, 0.4) is 0 Å². The number of carbonyl (C=O) groups excluding carboxylic acids is 1. The van der Waals surface area contributed by atoms with Crippen LogP contribution in [0.25, 0.3) is 17.1 Å².